The highest BCUT2D eigenvalue weighted by atomic mass is 16.5. The predicted molar refractivity (Wildman–Crippen MR) is 114 cm³/mol. The normalized spacial score (nSPS) is 12.8. The molecular formula is C24H48O. The van der Waals surface area contributed by atoms with E-state index in [4.69, 9.17) is 4.74 Å². The van der Waals surface area contributed by atoms with E-state index in [1.165, 1.54) is 116 Å². The van der Waals surface area contributed by atoms with E-state index in [0.717, 1.165) is 5.92 Å². The lowest BCUT2D eigenvalue weighted by Crippen LogP contribution is -1.98. The average Bonchev–Trinajstić information content (AvgIpc) is 2.63. The summed E-state index contributed by atoms with van der Waals surface area (Å²) in [5.74, 6) is 0.736. The van der Waals surface area contributed by atoms with Crippen molar-refractivity contribution >= 4 is 0 Å². The third kappa shape index (κ3) is 19.7. The van der Waals surface area contributed by atoms with E-state index in [-0.39, 0.29) is 0 Å². The van der Waals surface area contributed by atoms with Crippen LogP contribution in [0.3, 0.4) is 0 Å². The zero-order chi connectivity index (χ0) is 18.4. The first-order valence-electron chi connectivity index (χ1n) is 11.5. The molecule has 0 spiro atoms. The van der Waals surface area contributed by atoms with Crippen molar-refractivity contribution in [2.45, 2.75) is 129 Å². The third-order valence-corrected chi connectivity index (χ3v) is 5.34. The fraction of sp³-hybridized carbons (Fsp3) is 0.917. The summed E-state index contributed by atoms with van der Waals surface area (Å²) in [5, 5.41) is 0. The largest absolute Gasteiger partial charge is 0.505 e. The van der Waals surface area contributed by atoms with E-state index in [0.29, 0.717) is 0 Å². The first-order valence-corrected chi connectivity index (χ1v) is 11.5. The number of unbranched alkanes of at least 4 members (excludes halogenated alkanes) is 14. The van der Waals surface area contributed by atoms with Crippen LogP contribution in [-0.4, -0.2) is 7.11 Å². The Morgan fingerprint density at radius 1 is 0.560 bits per heavy atom. The highest BCUT2D eigenvalue weighted by molar-refractivity contribution is 4.83. The average molecular weight is 353 g/mol. The van der Waals surface area contributed by atoms with Crippen molar-refractivity contribution in [3.05, 3.63) is 12.3 Å². The summed E-state index contributed by atoms with van der Waals surface area (Å²) < 4.78 is 5.14. The van der Waals surface area contributed by atoms with E-state index in [1.807, 2.05) is 6.26 Å². The Hall–Kier alpha value is -0.460. The molecule has 0 aromatic heterocycles. The summed E-state index contributed by atoms with van der Waals surface area (Å²) >= 11 is 0. The van der Waals surface area contributed by atoms with Crippen LogP contribution < -0.4 is 0 Å². The van der Waals surface area contributed by atoms with E-state index in [9.17, 15) is 0 Å². The molecule has 0 aromatic carbocycles. The Morgan fingerprint density at radius 3 is 1.28 bits per heavy atom. The number of hydrogen-bond acceptors (Lipinski definition) is 1. The van der Waals surface area contributed by atoms with Crippen molar-refractivity contribution in [2.24, 2.45) is 5.92 Å². The van der Waals surface area contributed by atoms with Gasteiger partial charge >= 0.3 is 0 Å². The molecule has 1 atom stereocenters. The van der Waals surface area contributed by atoms with Gasteiger partial charge in [0.25, 0.3) is 0 Å². The fourth-order valence-corrected chi connectivity index (χ4v) is 3.61. The van der Waals surface area contributed by atoms with Gasteiger partial charge in [-0.1, -0.05) is 117 Å². The highest BCUT2D eigenvalue weighted by Crippen LogP contribution is 2.20. The van der Waals surface area contributed by atoms with E-state index < -0.39 is 0 Å². The zero-order valence-corrected chi connectivity index (χ0v) is 17.9. The Labute approximate surface area is 160 Å². The van der Waals surface area contributed by atoms with Crippen LogP contribution in [0, 0.1) is 5.92 Å². The molecule has 0 saturated carbocycles. The Morgan fingerprint density at radius 2 is 0.920 bits per heavy atom. The molecule has 150 valence electrons. The number of ether oxygens (including phenoxy) is 1. The molecule has 1 nitrogen and oxygen atoms in total. The monoisotopic (exact) mass is 352 g/mol. The molecule has 0 aromatic rings. The second-order valence-electron chi connectivity index (χ2n) is 7.85. The first kappa shape index (κ1) is 24.5. The highest BCUT2D eigenvalue weighted by Gasteiger charge is 2.05. The van der Waals surface area contributed by atoms with Gasteiger partial charge in [0.2, 0.25) is 0 Å². The van der Waals surface area contributed by atoms with Gasteiger partial charge in [0.15, 0.2) is 0 Å². The lowest BCUT2D eigenvalue weighted by Gasteiger charge is -2.12. The molecule has 0 unspecified atom stereocenters. The van der Waals surface area contributed by atoms with Gasteiger partial charge in [-0.3, -0.25) is 0 Å². The van der Waals surface area contributed by atoms with Crippen LogP contribution in [0.25, 0.3) is 0 Å². The number of methoxy groups -OCH3 is 1. The van der Waals surface area contributed by atoms with Crippen molar-refractivity contribution in [3.8, 4) is 0 Å². The smallest absolute Gasteiger partial charge is 0.0787 e. The van der Waals surface area contributed by atoms with Crippen molar-refractivity contribution in [1.82, 2.24) is 0 Å². The Kier molecular flexibility index (Phi) is 21.2. The topological polar surface area (TPSA) is 9.23 Å². The van der Waals surface area contributed by atoms with Crippen LogP contribution in [-0.2, 0) is 4.74 Å². The van der Waals surface area contributed by atoms with E-state index in [2.05, 4.69) is 19.9 Å². The van der Waals surface area contributed by atoms with Crippen LogP contribution in [0.2, 0.25) is 0 Å². The number of hydrogen-bond donors (Lipinski definition) is 0. The number of rotatable bonds is 20. The molecule has 25 heavy (non-hydrogen) atoms. The van der Waals surface area contributed by atoms with E-state index in [1.54, 1.807) is 7.11 Å². The lowest BCUT2D eigenvalue weighted by atomic mass is 9.94. The molecule has 0 bridgehead atoms. The van der Waals surface area contributed by atoms with Gasteiger partial charge in [0, 0.05) is 0 Å². The molecule has 0 aliphatic rings. The van der Waals surface area contributed by atoms with Gasteiger partial charge in [-0.25, -0.2) is 0 Å². The fourth-order valence-electron chi connectivity index (χ4n) is 3.61. The Balaban J connectivity index is 3.52. The van der Waals surface area contributed by atoms with Gasteiger partial charge in [-0.05, 0) is 24.8 Å². The van der Waals surface area contributed by atoms with Gasteiger partial charge in [0.1, 0.15) is 0 Å². The first-order chi connectivity index (χ1) is 12.3. The second kappa shape index (κ2) is 21.6. The molecule has 0 aliphatic carbocycles. The van der Waals surface area contributed by atoms with Gasteiger partial charge in [-0.15, -0.1) is 0 Å². The summed E-state index contributed by atoms with van der Waals surface area (Å²) in [6.07, 6.45) is 29.6. The standard InChI is InChI=1S/C24H48O/c1-4-6-8-10-11-12-13-14-15-17-19-21-24(22-23-25-3)20-18-16-9-7-5-2/h22-24H,4-21H2,1-3H3/t24-/m1/s1. The van der Waals surface area contributed by atoms with Crippen LogP contribution in [0.15, 0.2) is 12.3 Å². The van der Waals surface area contributed by atoms with Crippen molar-refractivity contribution in [2.75, 3.05) is 7.11 Å². The van der Waals surface area contributed by atoms with Crippen molar-refractivity contribution in [1.29, 1.82) is 0 Å². The van der Waals surface area contributed by atoms with Gasteiger partial charge in [-0.2, -0.15) is 0 Å². The molecule has 0 aliphatic heterocycles. The zero-order valence-electron chi connectivity index (χ0n) is 17.9. The minimum Gasteiger partial charge on any atom is -0.505 e. The summed E-state index contributed by atoms with van der Waals surface area (Å²) in [6, 6.07) is 0. The maximum Gasteiger partial charge on any atom is 0.0787 e. The summed E-state index contributed by atoms with van der Waals surface area (Å²) in [7, 11) is 1.76. The molecule has 0 saturated heterocycles. The molecule has 0 radical (unpaired) electrons. The summed E-state index contributed by atoms with van der Waals surface area (Å²) in [4.78, 5) is 0. The second-order valence-corrected chi connectivity index (χ2v) is 7.85. The van der Waals surface area contributed by atoms with Crippen LogP contribution >= 0.6 is 0 Å². The molecule has 0 rings (SSSR count). The summed E-state index contributed by atoms with van der Waals surface area (Å²) in [6.45, 7) is 4.58. The molecule has 0 fully saturated rings. The Bertz CT molecular complexity index is 259. The van der Waals surface area contributed by atoms with Crippen molar-refractivity contribution in [3.63, 3.8) is 0 Å². The molecule has 0 amide bonds. The maximum atomic E-state index is 5.14. The maximum absolute atomic E-state index is 5.14. The lowest BCUT2D eigenvalue weighted by molar-refractivity contribution is 0.330. The van der Waals surface area contributed by atoms with Gasteiger partial charge in [0.05, 0.1) is 13.4 Å². The number of allylic oxidation sites excluding steroid dienone is 1. The van der Waals surface area contributed by atoms with Gasteiger partial charge < -0.3 is 4.74 Å². The SMILES string of the molecule is CCCCCCCCCCCCC[C@H](C=COC)CCCCCCC. The minimum absolute atomic E-state index is 0.736. The predicted octanol–water partition coefficient (Wildman–Crippen LogP) is 8.82. The minimum atomic E-state index is 0.736. The quantitative estimate of drug-likeness (QED) is 0.157. The van der Waals surface area contributed by atoms with Crippen molar-refractivity contribution < 1.29 is 4.74 Å². The van der Waals surface area contributed by atoms with Crippen LogP contribution in [0.5, 0.6) is 0 Å². The third-order valence-electron chi connectivity index (χ3n) is 5.34. The molecule has 0 heterocycles. The molecule has 1 heteroatoms. The summed E-state index contributed by atoms with van der Waals surface area (Å²) in [5.41, 5.74) is 0. The molecule has 0 N–H and O–H groups in total. The molecular weight excluding hydrogens is 304 g/mol. The van der Waals surface area contributed by atoms with Crippen LogP contribution in [0.1, 0.15) is 129 Å². The van der Waals surface area contributed by atoms with Crippen LogP contribution in [0.4, 0.5) is 0 Å². The van der Waals surface area contributed by atoms with E-state index >= 15 is 0 Å².